The molecular formula is C16H18N2O2S2. The largest absolute Gasteiger partial charge is 0.361 e. The molecule has 22 heavy (non-hydrogen) atoms. The highest BCUT2D eigenvalue weighted by molar-refractivity contribution is 7.91. The van der Waals surface area contributed by atoms with Gasteiger partial charge in [-0.2, -0.15) is 0 Å². The molecule has 0 radical (unpaired) electrons. The first-order chi connectivity index (χ1) is 10.4. The van der Waals surface area contributed by atoms with Crippen molar-refractivity contribution in [1.29, 1.82) is 0 Å². The zero-order valence-electron chi connectivity index (χ0n) is 12.5. The van der Waals surface area contributed by atoms with Crippen LogP contribution in [0.2, 0.25) is 0 Å². The second-order valence-electron chi connectivity index (χ2n) is 5.89. The minimum atomic E-state index is -3.44. The molecule has 3 aromatic rings. The number of hydrogen-bond donors (Lipinski definition) is 2. The molecule has 0 saturated heterocycles. The highest BCUT2D eigenvalue weighted by atomic mass is 32.2. The van der Waals surface area contributed by atoms with Crippen LogP contribution in [-0.2, 0) is 15.4 Å². The molecule has 0 amide bonds. The van der Waals surface area contributed by atoms with E-state index in [-0.39, 0.29) is 5.41 Å². The number of H-pyrrole nitrogens is 1. The van der Waals surface area contributed by atoms with Crippen molar-refractivity contribution < 1.29 is 8.42 Å². The number of aromatic amines is 1. The zero-order chi connectivity index (χ0) is 15.8. The second-order valence-corrected chi connectivity index (χ2v) is 8.83. The van der Waals surface area contributed by atoms with Gasteiger partial charge in [-0.05, 0) is 23.1 Å². The number of aromatic nitrogens is 1. The van der Waals surface area contributed by atoms with E-state index in [1.54, 1.807) is 17.5 Å². The average Bonchev–Trinajstić information content (AvgIpc) is 3.15. The Kier molecular flexibility index (Phi) is 3.84. The Labute approximate surface area is 134 Å². The number of rotatable bonds is 5. The minimum Gasteiger partial charge on any atom is -0.361 e. The standard InChI is InChI=1S/C16H18N2O2S2/c1-16(2,11-18-22(19,20)15-8-5-9-21-15)13-10-17-14-7-4-3-6-12(13)14/h3-10,17-18H,11H2,1-2H3. The van der Waals surface area contributed by atoms with E-state index in [1.165, 1.54) is 11.3 Å². The fourth-order valence-electron chi connectivity index (χ4n) is 2.49. The van der Waals surface area contributed by atoms with Crippen LogP contribution in [0.1, 0.15) is 19.4 Å². The molecule has 0 saturated carbocycles. The summed E-state index contributed by atoms with van der Waals surface area (Å²) in [4.78, 5) is 3.24. The van der Waals surface area contributed by atoms with Gasteiger partial charge in [-0.3, -0.25) is 0 Å². The number of nitrogens with one attached hydrogen (secondary N) is 2. The third-order valence-corrected chi connectivity index (χ3v) is 6.58. The van der Waals surface area contributed by atoms with E-state index in [1.807, 2.05) is 38.2 Å². The monoisotopic (exact) mass is 334 g/mol. The quantitative estimate of drug-likeness (QED) is 0.750. The van der Waals surface area contributed by atoms with Gasteiger partial charge in [-0.15, -0.1) is 11.3 Å². The third-order valence-electron chi connectivity index (χ3n) is 3.78. The van der Waals surface area contributed by atoms with E-state index >= 15 is 0 Å². The highest BCUT2D eigenvalue weighted by Gasteiger charge is 2.26. The summed E-state index contributed by atoms with van der Waals surface area (Å²) in [5, 5.41) is 2.89. The van der Waals surface area contributed by atoms with Crippen molar-refractivity contribution >= 4 is 32.3 Å². The molecule has 0 spiro atoms. The summed E-state index contributed by atoms with van der Waals surface area (Å²) >= 11 is 1.22. The van der Waals surface area contributed by atoms with Crippen molar-refractivity contribution in [2.75, 3.05) is 6.54 Å². The van der Waals surface area contributed by atoms with Crippen LogP contribution in [0.3, 0.4) is 0 Å². The molecule has 0 aliphatic carbocycles. The number of para-hydroxylation sites is 1. The van der Waals surface area contributed by atoms with Crippen LogP contribution in [0.25, 0.3) is 10.9 Å². The molecule has 6 heteroatoms. The number of fused-ring (bicyclic) bond motifs is 1. The lowest BCUT2D eigenvalue weighted by Gasteiger charge is -2.24. The van der Waals surface area contributed by atoms with Crippen molar-refractivity contribution in [3.63, 3.8) is 0 Å². The number of hydrogen-bond acceptors (Lipinski definition) is 3. The van der Waals surface area contributed by atoms with E-state index < -0.39 is 10.0 Å². The van der Waals surface area contributed by atoms with Gasteiger partial charge in [0.25, 0.3) is 0 Å². The van der Waals surface area contributed by atoms with Gasteiger partial charge in [0.1, 0.15) is 4.21 Å². The van der Waals surface area contributed by atoms with E-state index in [9.17, 15) is 8.42 Å². The lowest BCUT2D eigenvalue weighted by atomic mass is 9.85. The molecule has 2 aromatic heterocycles. The van der Waals surface area contributed by atoms with Crippen molar-refractivity contribution in [1.82, 2.24) is 9.71 Å². The molecule has 0 unspecified atom stereocenters. The van der Waals surface area contributed by atoms with E-state index in [0.29, 0.717) is 10.8 Å². The molecule has 3 rings (SSSR count). The van der Waals surface area contributed by atoms with Gasteiger partial charge in [0.15, 0.2) is 0 Å². The van der Waals surface area contributed by atoms with Crippen molar-refractivity contribution in [2.45, 2.75) is 23.5 Å². The molecule has 0 aliphatic heterocycles. The van der Waals surface area contributed by atoms with E-state index in [2.05, 4.69) is 15.8 Å². The Bertz CT molecular complexity index is 878. The van der Waals surface area contributed by atoms with Gasteiger partial charge in [0.05, 0.1) is 0 Å². The SMILES string of the molecule is CC(C)(CNS(=O)(=O)c1cccs1)c1c[nH]c2ccccc12. The van der Waals surface area contributed by atoms with Crippen molar-refractivity contribution in [2.24, 2.45) is 0 Å². The first-order valence-electron chi connectivity index (χ1n) is 7.00. The Hall–Kier alpha value is -1.63. The molecule has 0 atom stereocenters. The highest BCUT2D eigenvalue weighted by Crippen LogP contribution is 2.30. The first-order valence-corrected chi connectivity index (χ1v) is 9.36. The Morgan fingerprint density at radius 2 is 1.95 bits per heavy atom. The van der Waals surface area contributed by atoms with Gasteiger partial charge in [-0.25, -0.2) is 13.1 Å². The normalized spacial score (nSPS) is 12.8. The van der Waals surface area contributed by atoms with Gasteiger partial charge in [-0.1, -0.05) is 38.1 Å². The fraction of sp³-hybridized carbons (Fsp3) is 0.250. The molecule has 2 heterocycles. The van der Waals surface area contributed by atoms with E-state index in [0.717, 1.165) is 16.5 Å². The predicted molar refractivity (Wildman–Crippen MR) is 90.8 cm³/mol. The van der Waals surface area contributed by atoms with Crippen LogP contribution < -0.4 is 4.72 Å². The molecule has 0 bridgehead atoms. The maximum atomic E-state index is 12.3. The van der Waals surface area contributed by atoms with Gasteiger partial charge in [0, 0.05) is 29.1 Å². The van der Waals surface area contributed by atoms with Gasteiger partial charge >= 0.3 is 0 Å². The predicted octanol–water partition coefficient (Wildman–Crippen LogP) is 3.49. The maximum absolute atomic E-state index is 12.3. The molecule has 1 aromatic carbocycles. The molecule has 0 aliphatic rings. The van der Waals surface area contributed by atoms with Crippen LogP contribution in [0.5, 0.6) is 0 Å². The molecule has 2 N–H and O–H groups in total. The summed E-state index contributed by atoms with van der Waals surface area (Å²) in [7, 11) is -3.44. The molecule has 116 valence electrons. The average molecular weight is 334 g/mol. The lowest BCUT2D eigenvalue weighted by Crippen LogP contribution is -2.36. The Balaban J connectivity index is 1.85. The van der Waals surface area contributed by atoms with Crippen LogP contribution in [-0.4, -0.2) is 19.9 Å². The topological polar surface area (TPSA) is 62.0 Å². The van der Waals surface area contributed by atoms with Crippen LogP contribution in [0.4, 0.5) is 0 Å². The zero-order valence-corrected chi connectivity index (χ0v) is 14.1. The Morgan fingerprint density at radius 1 is 1.18 bits per heavy atom. The van der Waals surface area contributed by atoms with Crippen molar-refractivity contribution in [3.05, 3.63) is 53.5 Å². The third kappa shape index (κ3) is 2.82. The van der Waals surface area contributed by atoms with Gasteiger partial charge < -0.3 is 4.98 Å². The number of sulfonamides is 1. The molecule has 0 fully saturated rings. The van der Waals surface area contributed by atoms with Crippen LogP contribution in [0.15, 0.2) is 52.2 Å². The maximum Gasteiger partial charge on any atom is 0.250 e. The summed E-state index contributed by atoms with van der Waals surface area (Å²) in [5.41, 5.74) is 1.85. The smallest absolute Gasteiger partial charge is 0.250 e. The summed E-state index contributed by atoms with van der Waals surface area (Å²) in [6.07, 6.45) is 1.96. The van der Waals surface area contributed by atoms with Crippen molar-refractivity contribution in [3.8, 4) is 0 Å². The summed E-state index contributed by atoms with van der Waals surface area (Å²) in [6, 6.07) is 11.4. The first kappa shape index (κ1) is 15.3. The van der Waals surface area contributed by atoms with Crippen LogP contribution >= 0.6 is 11.3 Å². The second kappa shape index (κ2) is 5.53. The van der Waals surface area contributed by atoms with Crippen LogP contribution in [0, 0.1) is 0 Å². The summed E-state index contributed by atoms with van der Waals surface area (Å²) < 4.78 is 27.6. The lowest BCUT2D eigenvalue weighted by molar-refractivity contribution is 0.505. The number of thiophene rings is 1. The minimum absolute atomic E-state index is 0.316. The summed E-state index contributed by atoms with van der Waals surface area (Å²) in [5.74, 6) is 0. The van der Waals surface area contributed by atoms with Gasteiger partial charge in [0.2, 0.25) is 10.0 Å². The number of benzene rings is 1. The Morgan fingerprint density at radius 3 is 2.68 bits per heavy atom. The summed E-state index contributed by atoms with van der Waals surface area (Å²) in [6.45, 7) is 4.42. The molecule has 4 nitrogen and oxygen atoms in total. The fourth-order valence-corrected chi connectivity index (χ4v) is 4.74. The van der Waals surface area contributed by atoms with E-state index in [4.69, 9.17) is 0 Å². The molecular weight excluding hydrogens is 316 g/mol.